The molecule has 0 saturated heterocycles. The molecule has 2 aromatic carbocycles. The van der Waals surface area contributed by atoms with E-state index in [-0.39, 0.29) is 11.8 Å². The van der Waals surface area contributed by atoms with Crippen molar-refractivity contribution in [3.63, 3.8) is 0 Å². The number of urea groups is 1. The van der Waals surface area contributed by atoms with Crippen molar-refractivity contribution in [1.82, 2.24) is 10.3 Å². The number of fused-ring (bicyclic) bond motifs is 2. The van der Waals surface area contributed by atoms with Gasteiger partial charge in [-0.25, -0.2) is 9.18 Å². The Morgan fingerprint density at radius 1 is 1.26 bits per heavy atom. The second-order valence-electron chi connectivity index (χ2n) is 6.57. The van der Waals surface area contributed by atoms with Crippen LogP contribution in [0.2, 0.25) is 0 Å². The van der Waals surface area contributed by atoms with Crippen LogP contribution < -0.4 is 15.5 Å². The second kappa shape index (κ2) is 7.23. The van der Waals surface area contributed by atoms with Crippen LogP contribution in [0.5, 0.6) is 0 Å². The molecule has 0 radical (unpaired) electrons. The predicted molar refractivity (Wildman–Crippen MR) is 106 cm³/mol. The summed E-state index contributed by atoms with van der Waals surface area (Å²) in [4.78, 5) is 18.4. The number of aromatic nitrogens is 1. The molecule has 6 heteroatoms. The van der Waals surface area contributed by atoms with Crippen LogP contribution in [0.25, 0.3) is 10.9 Å². The minimum Gasteiger partial charge on any atom is -0.381 e. The Hall–Kier alpha value is -3.15. The summed E-state index contributed by atoms with van der Waals surface area (Å²) in [6.07, 6.45) is 2.56. The predicted octanol–water partition coefficient (Wildman–Crippen LogP) is 4.08. The minimum absolute atomic E-state index is 0.0753. The lowest BCUT2D eigenvalue weighted by molar-refractivity contribution is 0.247. The van der Waals surface area contributed by atoms with Gasteiger partial charge < -0.3 is 10.6 Å². The van der Waals surface area contributed by atoms with Crippen molar-refractivity contribution in [2.75, 3.05) is 23.3 Å². The molecule has 3 aromatic rings. The van der Waals surface area contributed by atoms with Crippen LogP contribution in [0.4, 0.5) is 20.6 Å². The zero-order chi connectivity index (χ0) is 18.8. The van der Waals surface area contributed by atoms with E-state index in [4.69, 9.17) is 0 Å². The summed E-state index contributed by atoms with van der Waals surface area (Å²) in [7, 11) is 0. The monoisotopic (exact) mass is 364 g/mol. The second-order valence-corrected chi connectivity index (χ2v) is 6.57. The molecule has 0 bridgehead atoms. The fourth-order valence-electron chi connectivity index (χ4n) is 3.51. The maximum atomic E-state index is 13.9. The highest BCUT2D eigenvalue weighted by molar-refractivity contribution is 5.94. The lowest BCUT2D eigenvalue weighted by atomic mass is 10.1. The minimum atomic E-state index is -0.274. The van der Waals surface area contributed by atoms with Gasteiger partial charge in [0.1, 0.15) is 5.82 Å². The average Bonchev–Trinajstić information content (AvgIpc) is 3.09. The van der Waals surface area contributed by atoms with Gasteiger partial charge in [0.05, 0.1) is 11.2 Å². The molecule has 5 nitrogen and oxygen atoms in total. The summed E-state index contributed by atoms with van der Waals surface area (Å²) >= 11 is 0. The molecule has 1 aliphatic heterocycles. The smallest absolute Gasteiger partial charge is 0.321 e. The number of benzene rings is 2. The molecule has 2 amide bonds. The molecule has 0 unspecified atom stereocenters. The van der Waals surface area contributed by atoms with Gasteiger partial charge in [-0.15, -0.1) is 0 Å². The van der Waals surface area contributed by atoms with E-state index in [1.54, 1.807) is 17.2 Å². The Morgan fingerprint density at radius 3 is 3.00 bits per heavy atom. The Morgan fingerprint density at radius 2 is 2.15 bits per heavy atom. The van der Waals surface area contributed by atoms with Gasteiger partial charge in [-0.05, 0) is 49.2 Å². The quantitative estimate of drug-likeness (QED) is 0.733. The summed E-state index contributed by atoms with van der Waals surface area (Å²) in [5, 5.41) is 6.97. The number of hydrogen-bond acceptors (Lipinski definition) is 3. The first-order chi connectivity index (χ1) is 13.2. The number of halogens is 1. The molecule has 2 N–H and O–H groups in total. The van der Waals surface area contributed by atoms with Gasteiger partial charge in [0.15, 0.2) is 0 Å². The number of nitrogens with zero attached hydrogens (tertiary/aromatic N) is 2. The fraction of sp³-hybridized carbons (Fsp3) is 0.238. The third kappa shape index (κ3) is 3.43. The third-order valence-corrected chi connectivity index (χ3v) is 4.79. The summed E-state index contributed by atoms with van der Waals surface area (Å²) < 4.78 is 13.9. The first-order valence-electron chi connectivity index (χ1n) is 9.11. The number of nitrogens with one attached hydrogen (secondary N) is 2. The van der Waals surface area contributed by atoms with E-state index in [1.165, 1.54) is 12.1 Å². The van der Waals surface area contributed by atoms with Crippen LogP contribution in [-0.2, 0) is 13.0 Å². The van der Waals surface area contributed by atoms with Crippen LogP contribution >= 0.6 is 0 Å². The first kappa shape index (κ1) is 17.3. The molecule has 1 aromatic heterocycles. The lowest BCUT2D eigenvalue weighted by Gasteiger charge is -2.18. The Balaban J connectivity index is 1.57. The van der Waals surface area contributed by atoms with E-state index in [0.29, 0.717) is 19.6 Å². The standard InChI is InChI=1S/C21H21FN4O/c1-2-23-21(27)26-9-7-14-5-6-18(12-19(14)26)25-13-16-11-17(22)10-15-4-3-8-24-20(15)16/h3-6,8,10-12,25H,2,7,9,13H2,1H3,(H,23,27). The maximum Gasteiger partial charge on any atom is 0.321 e. The van der Waals surface area contributed by atoms with E-state index in [1.807, 2.05) is 31.2 Å². The van der Waals surface area contributed by atoms with Gasteiger partial charge in [-0.3, -0.25) is 9.88 Å². The fourth-order valence-corrected chi connectivity index (χ4v) is 3.51. The molecule has 138 valence electrons. The Labute approximate surface area is 157 Å². The van der Waals surface area contributed by atoms with E-state index >= 15 is 0 Å². The number of pyridine rings is 1. The maximum absolute atomic E-state index is 13.9. The van der Waals surface area contributed by atoms with Gasteiger partial charge in [0.25, 0.3) is 0 Å². The first-order valence-corrected chi connectivity index (χ1v) is 9.11. The van der Waals surface area contributed by atoms with Gasteiger partial charge in [-0.2, -0.15) is 0 Å². The van der Waals surface area contributed by atoms with Crippen molar-refractivity contribution in [2.24, 2.45) is 0 Å². The van der Waals surface area contributed by atoms with Crippen molar-refractivity contribution in [3.8, 4) is 0 Å². The van der Waals surface area contributed by atoms with Gasteiger partial charge >= 0.3 is 6.03 Å². The van der Waals surface area contributed by atoms with E-state index in [9.17, 15) is 9.18 Å². The summed E-state index contributed by atoms with van der Waals surface area (Å²) in [5.41, 5.74) is 4.55. The number of rotatable bonds is 4. The van der Waals surface area contributed by atoms with Gasteiger partial charge in [-0.1, -0.05) is 12.1 Å². The van der Waals surface area contributed by atoms with Crippen LogP contribution in [0.3, 0.4) is 0 Å². The highest BCUT2D eigenvalue weighted by Crippen LogP contribution is 2.31. The van der Waals surface area contributed by atoms with Crippen molar-refractivity contribution in [1.29, 1.82) is 0 Å². The van der Waals surface area contributed by atoms with E-state index < -0.39 is 0 Å². The van der Waals surface area contributed by atoms with Crippen LogP contribution in [0, 0.1) is 5.82 Å². The Bertz CT molecular complexity index is 1000. The number of anilines is 2. The third-order valence-electron chi connectivity index (χ3n) is 4.79. The van der Waals surface area contributed by atoms with Crippen molar-refractivity contribution in [2.45, 2.75) is 19.9 Å². The number of amides is 2. The largest absolute Gasteiger partial charge is 0.381 e. The average molecular weight is 364 g/mol. The molecule has 0 spiro atoms. The molecular formula is C21H21FN4O. The zero-order valence-corrected chi connectivity index (χ0v) is 15.1. The molecular weight excluding hydrogens is 343 g/mol. The van der Waals surface area contributed by atoms with Crippen molar-refractivity contribution in [3.05, 3.63) is 65.6 Å². The SMILES string of the molecule is CCNC(=O)N1CCc2ccc(NCc3cc(F)cc4cccnc34)cc21. The topological polar surface area (TPSA) is 57.3 Å². The molecule has 4 rings (SSSR count). The molecule has 1 aliphatic rings. The molecule has 2 heterocycles. The number of hydrogen-bond donors (Lipinski definition) is 2. The summed E-state index contributed by atoms with van der Waals surface area (Å²) in [6.45, 7) is 3.64. The molecule has 0 fully saturated rings. The van der Waals surface area contributed by atoms with Gasteiger partial charge in [0.2, 0.25) is 0 Å². The van der Waals surface area contributed by atoms with Crippen LogP contribution in [0.15, 0.2) is 48.7 Å². The summed E-state index contributed by atoms with van der Waals surface area (Å²) in [6, 6.07) is 12.6. The highest BCUT2D eigenvalue weighted by atomic mass is 19.1. The normalized spacial score (nSPS) is 12.9. The van der Waals surface area contributed by atoms with E-state index in [0.717, 1.165) is 39.8 Å². The molecule has 0 aliphatic carbocycles. The molecule has 0 saturated carbocycles. The van der Waals surface area contributed by atoms with Crippen LogP contribution in [0.1, 0.15) is 18.1 Å². The highest BCUT2D eigenvalue weighted by Gasteiger charge is 2.24. The lowest BCUT2D eigenvalue weighted by Crippen LogP contribution is -2.38. The van der Waals surface area contributed by atoms with Crippen molar-refractivity contribution < 1.29 is 9.18 Å². The van der Waals surface area contributed by atoms with E-state index in [2.05, 4.69) is 15.6 Å². The van der Waals surface area contributed by atoms with Gasteiger partial charge in [0, 0.05) is 42.5 Å². The van der Waals surface area contributed by atoms with Crippen LogP contribution in [-0.4, -0.2) is 24.1 Å². The Kier molecular flexibility index (Phi) is 4.62. The zero-order valence-electron chi connectivity index (χ0n) is 15.1. The number of carbonyl (C=O) groups is 1. The summed E-state index contributed by atoms with van der Waals surface area (Å²) in [5.74, 6) is -0.274. The molecule has 0 atom stereocenters. The van der Waals surface area contributed by atoms with Crippen molar-refractivity contribution >= 4 is 28.3 Å². The number of carbonyl (C=O) groups excluding carboxylic acids is 1. The molecule has 27 heavy (non-hydrogen) atoms.